The Labute approximate surface area is 178 Å². The van der Waals surface area contributed by atoms with Crippen LogP contribution in [0.15, 0.2) is 58.5 Å². The van der Waals surface area contributed by atoms with Crippen LogP contribution in [0.3, 0.4) is 0 Å². The van der Waals surface area contributed by atoms with Gasteiger partial charge >= 0.3 is 0 Å². The molecule has 0 amide bonds. The van der Waals surface area contributed by atoms with Crippen LogP contribution < -0.4 is 4.90 Å². The molecule has 2 aromatic rings. The lowest BCUT2D eigenvalue weighted by Gasteiger charge is -2.47. The van der Waals surface area contributed by atoms with Gasteiger partial charge in [-0.2, -0.15) is 0 Å². The lowest BCUT2D eigenvalue weighted by atomic mass is 9.79. The van der Waals surface area contributed by atoms with E-state index in [1.807, 2.05) is 0 Å². The van der Waals surface area contributed by atoms with Crippen LogP contribution in [0.1, 0.15) is 37.8 Å². The maximum absolute atomic E-state index is 6.11. The van der Waals surface area contributed by atoms with Gasteiger partial charge < -0.3 is 9.64 Å². The van der Waals surface area contributed by atoms with Crippen LogP contribution >= 0.6 is 11.8 Å². The van der Waals surface area contributed by atoms with Crippen molar-refractivity contribution in [3.63, 3.8) is 0 Å². The molecule has 1 saturated heterocycles. The van der Waals surface area contributed by atoms with Crippen molar-refractivity contribution in [3.05, 3.63) is 59.7 Å². The molecule has 1 fully saturated rings. The van der Waals surface area contributed by atoms with E-state index in [-0.39, 0.29) is 11.1 Å². The Hall–Kier alpha value is -2.11. The topological polar surface area (TPSA) is 37.2 Å². The van der Waals surface area contributed by atoms with Crippen molar-refractivity contribution in [2.45, 2.75) is 51.7 Å². The number of thioether (sulfide) groups is 1. The zero-order valence-corrected chi connectivity index (χ0v) is 18.7. The number of aliphatic imine (C=N–C) groups is 2. The van der Waals surface area contributed by atoms with Gasteiger partial charge in [-0.3, -0.25) is 0 Å². The van der Waals surface area contributed by atoms with Crippen LogP contribution in [0.25, 0.3) is 0 Å². The number of hydrogen-bond donors (Lipinski definition) is 0. The Morgan fingerprint density at radius 1 is 1.03 bits per heavy atom. The number of hydrogen-bond acceptors (Lipinski definition) is 4. The number of aryl methyl sites for hydroxylation is 2. The average Bonchev–Trinajstić information content (AvgIpc) is 2.96. The zero-order valence-electron chi connectivity index (χ0n) is 17.9. The molecular formula is C24H29N3OS. The summed E-state index contributed by atoms with van der Waals surface area (Å²) in [5, 5.41) is 0.999. The molecule has 4 rings (SSSR count). The Morgan fingerprint density at radius 3 is 2.34 bits per heavy atom. The molecule has 2 aliphatic heterocycles. The molecule has 1 spiro atoms. The molecule has 0 saturated carbocycles. The van der Waals surface area contributed by atoms with E-state index in [0.29, 0.717) is 6.61 Å². The first-order valence-electron chi connectivity index (χ1n) is 10.1. The summed E-state index contributed by atoms with van der Waals surface area (Å²) in [6, 6.07) is 16.9. The molecule has 29 heavy (non-hydrogen) atoms. The summed E-state index contributed by atoms with van der Waals surface area (Å²) in [7, 11) is 0. The van der Waals surface area contributed by atoms with Crippen LogP contribution in [0.2, 0.25) is 0 Å². The number of amidine groups is 2. The second-order valence-electron chi connectivity index (χ2n) is 8.51. The smallest absolute Gasteiger partial charge is 0.170 e. The maximum Gasteiger partial charge on any atom is 0.170 e. The van der Waals surface area contributed by atoms with E-state index >= 15 is 0 Å². The van der Waals surface area contributed by atoms with Gasteiger partial charge in [-0.05, 0) is 57.2 Å². The third-order valence-electron chi connectivity index (χ3n) is 5.82. The number of anilines is 1. The fraction of sp³-hybridized carbons (Fsp3) is 0.417. The highest BCUT2D eigenvalue weighted by Gasteiger charge is 2.54. The fourth-order valence-electron chi connectivity index (χ4n) is 4.54. The predicted molar refractivity (Wildman–Crippen MR) is 125 cm³/mol. The molecule has 0 radical (unpaired) electrons. The lowest BCUT2D eigenvalue weighted by Crippen LogP contribution is -2.59. The quantitative estimate of drug-likeness (QED) is 0.622. The molecule has 2 aromatic carbocycles. The van der Waals surface area contributed by atoms with E-state index in [1.165, 1.54) is 11.1 Å². The number of benzene rings is 2. The molecular weight excluding hydrogens is 378 g/mol. The van der Waals surface area contributed by atoms with Crippen molar-refractivity contribution >= 4 is 34.1 Å². The van der Waals surface area contributed by atoms with Crippen molar-refractivity contribution in [2.75, 3.05) is 17.8 Å². The van der Waals surface area contributed by atoms with Gasteiger partial charge in [0.1, 0.15) is 5.54 Å². The minimum Gasteiger partial charge on any atom is -0.375 e. The highest BCUT2D eigenvalue weighted by atomic mass is 32.2. The average molecular weight is 408 g/mol. The largest absolute Gasteiger partial charge is 0.375 e. The first-order valence-corrected chi connectivity index (χ1v) is 11.4. The summed E-state index contributed by atoms with van der Waals surface area (Å²) < 4.78 is 6.11. The van der Waals surface area contributed by atoms with Crippen LogP contribution in [0, 0.1) is 13.8 Å². The first-order chi connectivity index (χ1) is 13.9. The number of ether oxygens (including phenoxy) is 1. The van der Waals surface area contributed by atoms with Crippen LogP contribution in [-0.4, -0.2) is 35.0 Å². The van der Waals surface area contributed by atoms with Gasteiger partial charge in [0, 0.05) is 25.1 Å². The molecule has 0 aliphatic carbocycles. The second kappa shape index (κ2) is 7.62. The van der Waals surface area contributed by atoms with Gasteiger partial charge in [0.2, 0.25) is 0 Å². The van der Waals surface area contributed by atoms with Crippen molar-refractivity contribution in [1.82, 2.24) is 0 Å². The highest BCUT2D eigenvalue weighted by molar-refractivity contribution is 8.13. The monoisotopic (exact) mass is 407 g/mol. The van der Waals surface area contributed by atoms with Gasteiger partial charge in [-0.15, -0.1) is 0 Å². The lowest BCUT2D eigenvalue weighted by molar-refractivity contribution is -0.0663. The molecule has 152 valence electrons. The summed E-state index contributed by atoms with van der Waals surface area (Å²) >= 11 is 1.68. The Bertz CT molecular complexity index is 947. The molecule has 2 heterocycles. The van der Waals surface area contributed by atoms with Crippen molar-refractivity contribution in [1.29, 1.82) is 0 Å². The van der Waals surface area contributed by atoms with Gasteiger partial charge in [0.15, 0.2) is 11.0 Å². The minimum atomic E-state index is -0.309. The standard InChI is InChI=1S/C24H29N3OS/c1-17-10-9-11-18(2)20(17)25-21-24(14-15-28-23(3,4)16-24)27(22(26-21)29-5)19-12-7-6-8-13-19/h6-13H,14-16H2,1-5H3/t24-/m0/s1. The van der Waals surface area contributed by atoms with E-state index in [1.54, 1.807) is 11.8 Å². The maximum atomic E-state index is 6.11. The second-order valence-corrected chi connectivity index (χ2v) is 9.29. The van der Waals surface area contributed by atoms with Gasteiger partial charge in [-0.25, -0.2) is 9.98 Å². The van der Waals surface area contributed by atoms with Crippen LogP contribution in [-0.2, 0) is 4.74 Å². The third-order valence-corrected chi connectivity index (χ3v) is 6.46. The molecule has 4 nitrogen and oxygen atoms in total. The third kappa shape index (κ3) is 3.62. The minimum absolute atomic E-state index is 0.240. The molecule has 2 aliphatic rings. The Kier molecular flexibility index (Phi) is 5.30. The Balaban J connectivity index is 1.92. The van der Waals surface area contributed by atoms with Gasteiger partial charge in [0.25, 0.3) is 0 Å². The molecule has 0 unspecified atom stereocenters. The molecule has 0 aromatic heterocycles. The summed E-state index contributed by atoms with van der Waals surface area (Å²) in [4.78, 5) is 12.7. The summed E-state index contributed by atoms with van der Waals surface area (Å²) in [6.07, 6.45) is 3.80. The van der Waals surface area contributed by atoms with E-state index in [0.717, 1.165) is 35.2 Å². The van der Waals surface area contributed by atoms with E-state index < -0.39 is 0 Å². The summed E-state index contributed by atoms with van der Waals surface area (Å²) in [5.74, 6) is 0.902. The number of rotatable bonds is 2. The molecule has 5 heteroatoms. The van der Waals surface area contributed by atoms with E-state index in [4.69, 9.17) is 14.7 Å². The zero-order chi connectivity index (χ0) is 20.6. The van der Waals surface area contributed by atoms with E-state index in [9.17, 15) is 0 Å². The number of para-hydroxylation sites is 2. The summed E-state index contributed by atoms with van der Waals surface area (Å²) in [6.45, 7) is 9.28. The van der Waals surface area contributed by atoms with Crippen molar-refractivity contribution in [3.8, 4) is 0 Å². The fourth-order valence-corrected chi connectivity index (χ4v) is 5.18. The number of nitrogens with zero attached hydrogens (tertiary/aromatic N) is 3. The first kappa shape index (κ1) is 20.2. The highest BCUT2D eigenvalue weighted by Crippen LogP contribution is 2.45. The Morgan fingerprint density at radius 2 is 1.72 bits per heavy atom. The summed E-state index contributed by atoms with van der Waals surface area (Å²) in [5.41, 5.74) is 4.00. The van der Waals surface area contributed by atoms with Crippen molar-refractivity contribution < 1.29 is 4.74 Å². The van der Waals surface area contributed by atoms with Gasteiger partial charge in [0.05, 0.1) is 11.3 Å². The SMILES string of the molecule is CSC1=NC(=Nc2c(C)cccc2C)[C@@]2(CCOC(C)(C)C2)N1c1ccccc1. The molecule has 0 bridgehead atoms. The van der Waals surface area contributed by atoms with Gasteiger partial charge in [-0.1, -0.05) is 48.2 Å². The normalized spacial score (nSPS) is 24.9. The predicted octanol–water partition coefficient (Wildman–Crippen LogP) is 5.90. The van der Waals surface area contributed by atoms with Crippen molar-refractivity contribution in [2.24, 2.45) is 9.98 Å². The molecule has 0 N–H and O–H groups in total. The van der Waals surface area contributed by atoms with Crippen LogP contribution in [0.5, 0.6) is 0 Å². The molecule has 1 atom stereocenters. The van der Waals surface area contributed by atoms with Crippen LogP contribution in [0.4, 0.5) is 11.4 Å². The van der Waals surface area contributed by atoms with E-state index in [2.05, 4.69) is 87.4 Å².